The minimum Gasteiger partial charge on any atom is -0.379 e. The highest BCUT2D eigenvalue weighted by Crippen LogP contribution is 2.24. The molecule has 0 atom stereocenters. The van der Waals surface area contributed by atoms with E-state index in [9.17, 15) is 0 Å². The zero-order chi connectivity index (χ0) is 18.5. The van der Waals surface area contributed by atoms with Gasteiger partial charge < -0.3 is 9.88 Å². The van der Waals surface area contributed by atoms with E-state index in [1.807, 2.05) is 71.7 Å². The number of nitrogens with one attached hydrogen (secondary N) is 1. The molecule has 130 valence electrons. The van der Waals surface area contributed by atoms with Gasteiger partial charge in [0.25, 0.3) is 0 Å². The van der Waals surface area contributed by atoms with E-state index in [4.69, 9.17) is 5.26 Å². The standard InChI is InChI=1S/C23H18N4/c24-14-18-10-12-20(13-11-18)22-16-27(17-26-22)23-9-5-4-8-21(23)25-15-19-6-2-1-3-7-19/h1-13,16-17,25H,15H2. The van der Waals surface area contributed by atoms with Gasteiger partial charge in [-0.2, -0.15) is 5.26 Å². The summed E-state index contributed by atoms with van der Waals surface area (Å²) >= 11 is 0. The second-order valence-corrected chi connectivity index (χ2v) is 6.21. The van der Waals surface area contributed by atoms with Crippen LogP contribution in [-0.4, -0.2) is 9.55 Å². The summed E-state index contributed by atoms with van der Waals surface area (Å²) in [5, 5.41) is 12.4. The van der Waals surface area contributed by atoms with Gasteiger partial charge in [-0.25, -0.2) is 4.98 Å². The molecule has 1 N–H and O–H groups in total. The van der Waals surface area contributed by atoms with Crippen molar-refractivity contribution in [1.82, 2.24) is 9.55 Å². The number of rotatable bonds is 5. The summed E-state index contributed by atoms with van der Waals surface area (Å²) in [6, 6.07) is 28.1. The largest absolute Gasteiger partial charge is 0.379 e. The van der Waals surface area contributed by atoms with Crippen molar-refractivity contribution in [2.24, 2.45) is 0 Å². The molecule has 3 aromatic carbocycles. The molecule has 0 radical (unpaired) electrons. The average Bonchev–Trinajstić information content (AvgIpc) is 3.23. The molecule has 0 saturated carbocycles. The summed E-state index contributed by atoms with van der Waals surface area (Å²) in [6.45, 7) is 0.759. The molecule has 0 aliphatic carbocycles. The minimum atomic E-state index is 0.647. The molecule has 0 spiro atoms. The molecule has 0 fully saturated rings. The summed E-state index contributed by atoms with van der Waals surface area (Å²) in [5.41, 5.74) is 5.83. The van der Waals surface area contributed by atoms with Crippen LogP contribution < -0.4 is 5.32 Å². The van der Waals surface area contributed by atoms with Crippen LogP contribution in [0.25, 0.3) is 16.9 Å². The maximum absolute atomic E-state index is 8.94. The normalized spacial score (nSPS) is 10.3. The van der Waals surface area contributed by atoms with Crippen molar-refractivity contribution in [1.29, 1.82) is 5.26 Å². The first-order chi connectivity index (χ1) is 13.3. The molecule has 0 unspecified atom stereocenters. The maximum atomic E-state index is 8.94. The molecule has 0 aliphatic heterocycles. The summed E-state index contributed by atoms with van der Waals surface area (Å²) < 4.78 is 2.01. The number of benzene rings is 3. The van der Waals surface area contributed by atoms with Gasteiger partial charge in [0.15, 0.2) is 0 Å². The third kappa shape index (κ3) is 3.73. The number of nitriles is 1. The Labute approximate surface area is 158 Å². The topological polar surface area (TPSA) is 53.6 Å². The van der Waals surface area contributed by atoms with Crippen molar-refractivity contribution >= 4 is 5.69 Å². The van der Waals surface area contributed by atoms with Gasteiger partial charge in [0.1, 0.15) is 0 Å². The molecular formula is C23H18N4. The average molecular weight is 350 g/mol. The highest BCUT2D eigenvalue weighted by atomic mass is 15.1. The molecule has 4 heteroatoms. The van der Waals surface area contributed by atoms with E-state index in [1.165, 1.54) is 5.56 Å². The van der Waals surface area contributed by atoms with Crippen LogP contribution in [0.2, 0.25) is 0 Å². The van der Waals surface area contributed by atoms with Gasteiger partial charge in [0.2, 0.25) is 0 Å². The Balaban J connectivity index is 1.58. The number of anilines is 1. The SMILES string of the molecule is N#Cc1ccc(-c2cn(-c3ccccc3NCc3ccccc3)cn2)cc1. The molecule has 0 saturated heterocycles. The Kier molecular flexibility index (Phi) is 4.67. The molecule has 0 aliphatic rings. The lowest BCUT2D eigenvalue weighted by molar-refractivity contribution is 1.04. The van der Waals surface area contributed by atoms with Crippen LogP contribution >= 0.6 is 0 Å². The Morgan fingerprint density at radius 3 is 2.41 bits per heavy atom. The van der Waals surface area contributed by atoms with E-state index >= 15 is 0 Å². The predicted octanol–water partition coefficient (Wildman–Crippen LogP) is 5.02. The lowest BCUT2D eigenvalue weighted by Gasteiger charge is -2.12. The third-order valence-electron chi connectivity index (χ3n) is 4.40. The molecule has 27 heavy (non-hydrogen) atoms. The van der Waals surface area contributed by atoms with Crippen LogP contribution in [0, 0.1) is 11.3 Å². The molecule has 0 bridgehead atoms. The van der Waals surface area contributed by atoms with E-state index in [0.717, 1.165) is 29.2 Å². The van der Waals surface area contributed by atoms with Gasteiger partial charge in [0.05, 0.1) is 35.0 Å². The Morgan fingerprint density at radius 2 is 1.63 bits per heavy atom. The van der Waals surface area contributed by atoms with Gasteiger partial charge in [-0.1, -0.05) is 54.6 Å². The Bertz CT molecular complexity index is 1070. The molecular weight excluding hydrogens is 332 g/mol. The summed E-state index contributed by atoms with van der Waals surface area (Å²) in [6.07, 6.45) is 3.82. The van der Waals surface area contributed by atoms with Crippen molar-refractivity contribution in [2.75, 3.05) is 5.32 Å². The van der Waals surface area contributed by atoms with E-state index in [1.54, 1.807) is 0 Å². The van der Waals surface area contributed by atoms with E-state index in [2.05, 4.69) is 40.6 Å². The molecule has 4 nitrogen and oxygen atoms in total. The van der Waals surface area contributed by atoms with Gasteiger partial charge in [-0.05, 0) is 29.8 Å². The van der Waals surface area contributed by atoms with Crippen molar-refractivity contribution in [2.45, 2.75) is 6.54 Å². The number of nitrogens with zero attached hydrogens (tertiary/aromatic N) is 3. The van der Waals surface area contributed by atoms with Crippen LogP contribution in [0.4, 0.5) is 5.69 Å². The van der Waals surface area contributed by atoms with Crippen molar-refractivity contribution in [3.8, 4) is 23.0 Å². The summed E-state index contributed by atoms with van der Waals surface area (Å²) in [7, 11) is 0. The first-order valence-electron chi connectivity index (χ1n) is 8.75. The van der Waals surface area contributed by atoms with Crippen molar-refractivity contribution in [3.63, 3.8) is 0 Å². The van der Waals surface area contributed by atoms with E-state index < -0.39 is 0 Å². The van der Waals surface area contributed by atoms with Crippen LogP contribution in [0.3, 0.4) is 0 Å². The fourth-order valence-corrected chi connectivity index (χ4v) is 2.96. The minimum absolute atomic E-state index is 0.647. The summed E-state index contributed by atoms with van der Waals surface area (Å²) in [4.78, 5) is 4.53. The van der Waals surface area contributed by atoms with Gasteiger partial charge in [0, 0.05) is 18.3 Å². The first-order valence-corrected chi connectivity index (χ1v) is 8.75. The number of hydrogen-bond donors (Lipinski definition) is 1. The fourth-order valence-electron chi connectivity index (χ4n) is 2.96. The molecule has 4 rings (SSSR count). The second kappa shape index (κ2) is 7.59. The third-order valence-corrected chi connectivity index (χ3v) is 4.40. The van der Waals surface area contributed by atoms with E-state index in [0.29, 0.717) is 5.56 Å². The quantitative estimate of drug-likeness (QED) is 0.550. The molecule has 0 amide bonds. The smallest absolute Gasteiger partial charge is 0.1000 e. The van der Waals surface area contributed by atoms with Gasteiger partial charge in [-0.15, -0.1) is 0 Å². The number of aromatic nitrogens is 2. The molecule has 1 heterocycles. The number of hydrogen-bond acceptors (Lipinski definition) is 3. The number of imidazole rings is 1. The monoisotopic (exact) mass is 350 g/mol. The van der Waals surface area contributed by atoms with Gasteiger partial charge in [-0.3, -0.25) is 0 Å². The van der Waals surface area contributed by atoms with E-state index in [-0.39, 0.29) is 0 Å². The lowest BCUT2D eigenvalue weighted by Crippen LogP contribution is -2.03. The van der Waals surface area contributed by atoms with Gasteiger partial charge >= 0.3 is 0 Å². The van der Waals surface area contributed by atoms with Crippen LogP contribution in [0.1, 0.15) is 11.1 Å². The molecule has 4 aromatic rings. The first kappa shape index (κ1) is 16.6. The van der Waals surface area contributed by atoms with Crippen molar-refractivity contribution < 1.29 is 0 Å². The fraction of sp³-hybridized carbons (Fsp3) is 0.0435. The predicted molar refractivity (Wildman–Crippen MR) is 107 cm³/mol. The zero-order valence-electron chi connectivity index (χ0n) is 14.7. The second-order valence-electron chi connectivity index (χ2n) is 6.21. The van der Waals surface area contributed by atoms with Crippen LogP contribution in [0.5, 0.6) is 0 Å². The highest BCUT2D eigenvalue weighted by molar-refractivity contribution is 5.64. The maximum Gasteiger partial charge on any atom is 0.1000 e. The Morgan fingerprint density at radius 1 is 0.889 bits per heavy atom. The van der Waals surface area contributed by atoms with Crippen LogP contribution in [-0.2, 0) is 6.54 Å². The Hall–Kier alpha value is -3.84. The zero-order valence-corrected chi connectivity index (χ0v) is 14.7. The van der Waals surface area contributed by atoms with Crippen LogP contribution in [0.15, 0.2) is 91.4 Å². The van der Waals surface area contributed by atoms with Crippen molar-refractivity contribution in [3.05, 3.63) is 103 Å². The highest BCUT2D eigenvalue weighted by Gasteiger charge is 2.07. The number of para-hydroxylation sites is 2. The lowest BCUT2D eigenvalue weighted by atomic mass is 10.1. The molecule has 1 aromatic heterocycles. The summed E-state index contributed by atoms with van der Waals surface area (Å²) in [5.74, 6) is 0.